The first-order valence-corrected chi connectivity index (χ1v) is 7.65. The summed E-state index contributed by atoms with van der Waals surface area (Å²) >= 11 is 3.41. The van der Waals surface area contributed by atoms with Crippen LogP contribution in [0.1, 0.15) is 18.4 Å². The Morgan fingerprint density at radius 2 is 2.00 bits per heavy atom. The van der Waals surface area contributed by atoms with Crippen molar-refractivity contribution in [2.24, 2.45) is 0 Å². The molecule has 0 aliphatic carbocycles. The van der Waals surface area contributed by atoms with E-state index in [2.05, 4.69) is 32.5 Å². The van der Waals surface area contributed by atoms with Gasteiger partial charge in [0.15, 0.2) is 0 Å². The number of carbonyl (C=O) groups is 2. The molecular weight excluding hydrogens is 348 g/mol. The van der Waals surface area contributed by atoms with Crippen LogP contribution < -0.4 is 15.4 Å². The summed E-state index contributed by atoms with van der Waals surface area (Å²) in [5, 5.41) is 5.25. The zero-order valence-corrected chi connectivity index (χ0v) is 14.0. The predicted octanol–water partition coefficient (Wildman–Crippen LogP) is 1.65. The van der Waals surface area contributed by atoms with Gasteiger partial charge in [-0.25, -0.2) is 0 Å². The molecule has 0 fully saturated rings. The number of halogens is 1. The molecule has 0 unspecified atom stereocenters. The summed E-state index contributed by atoms with van der Waals surface area (Å²) in [6.45, 7) is 0.515. The summed E-state index contributed by atoms with van der Waals surface area (Å²) in [5.41, 5.74) is 1.04. The summed E-state index contributed by atoms with van der Waals surface area (Å²) in [7, 11) is 1.60. The minimum Gasteiger partial charge on any atom is -0.496 e. The van der Waals surface area contributed by atoms with E-state index in [0.29, 0.717) is 19.4 Å². The van der Waals surface area contributed by atoms with Crippen molar-refractivity contribution in [1.82, 2.24) is 10.6 Å². The number of hydrogen-bond donors (Lipinski definition) is 2. The smallest absolute Gasteiger partial charge is 0.222 e. The number of benzene rings is 1. The van der Waals surface area contributed by atoms with Crippen LogP contribution in [0.5, 0.6) is 5.75 Å². The van der Waals surface area contributed by atoms with Gasteiger partial charge < -0.3 is 15.4 Å². The van der Waals surface area contributed by atoms with Gasteiger partial charge in [-0.2, -0.15) is 0 Å². The zero-order valence-electron chi connectivity index (χ0n) is 12.4. The van der Waals surface area contributed by atoms with E-state index in [9.17, 15) is 9.59 Å². The minimum absolute atomic E-state index is 0.0864. The van der Waals surface area contributed by atoms with Crippen LogP contribution in [0.3, 0.4) is 0 Å². The van der Waals surface area contributed by atoms with Gasteiger partial charge in [0.05, 0.1) is 18.1 Å². The number of nitrogens with one attached hydrogen (secondary N) is 2. The maximum atomic E-state index is 11.7. The topological polar surface area (TPSA) is 67.4 Å². The molecule has 0 aliphatic heterocycles. The molecular formula is C16H19BrN2O3. The molecule has 0 spiro atoms. The van der Waals surface area contributed by atoms with E-state index in [0.717, 1.165) is 15.8 Å². The van der Waals surface area contributed by atoms with Crippen molar-refractivity contribution in [3.8, 4) is 18.1 Å². The first-order chi connectivity index (χ1) is 10.6. The van der Waals surface area contributed by atoms with Crippen LogP contribution in [0.25, 0.3) is 0 Å². The van der Waals surface area contributed by atoms with Gasteiger partial charge in [0.25, 0.3) is 0 Å². The van der Waals surface area contributed by atoms with Gasteiger partial charge in [-0.1, -0.05) is 12.0 Å². The number of terminal acetylenes is 1. The lowest BCUT2D eigenvalue weighted by Gasteiger charge is -2.07. The highest BCUT2D eigenvalue weighted by Gasteiger charge is 2.06. The minimum atomic E-state index is -0.169. The molecule has 22 heavy (non-hydrogen) atoms. The van der Waals surface area contributed by atoms with E-state index < -0.39 is 0 Å². The number of hydrogen-bond acceptors (Lipinski definition) is 3. The Kier molecular flexibility index (Phi) is 8.08. The van der Waals surface area contributed by atoms with E-state index in [1.807, 2.05) is 18.2 Å². The van der Waals surface area contributed by atoms with Gasteiger partial charge in [0.2, 0.25) is 11.8 Å². The van der Waals surface area contributed by atoms with Gasteiger partial charge in [-0.15, -0.1) is 6.42 Å². The number of ether oxygens (including phenoxy) is 1. The van der Waals surface area contributed by atoms with Gasteiger partial charge in [-0.3, -0.25) is 9.59 Å². The standard InChI is InChI=1S/C16H19BrN2O3/c1-3-9-18-16(21)8-10-19-15(20)7-5-12-4-6-14(22-2)13(17)11-12/h1,4,6,11H,5,7-10H2,2H3,(H,18,21)(H,19,20). The quantitative estimate of drug-likeness (QED) is 0.687. The third kappa shape index (κ3) is 6.64. The predicted molar refractivity (Wildman–Crippen MR) is 88.5 cm³/mol. The van der Waals surface area contributed by atoms with Gasteiger partial charge in [0.1, 0.15) is 5.75 Å². The Balaban J connectivity index is 2.27. The van der Waals surface area contributed by atoms with E-state index in [1.54, 1.807) is 7.11 Å². The summed E-state index contributed by atoms with van der Waals surface area (Å²) in [4.78, 5) is 23.0. The van der Waals surface area contributed by atoms with Crippen molar-refractivity contribution in [2.75, 3.05) is 20.2 Å². The number of rotatable bonds is 8. The molecule has 2 amide bonds. The van der Waals surface area contributed by atoms with E-state index in [-0.39, 0.29) is 24.8 Å². The van der Waals surface area contributed by atoms with Crippen molar-refractivity contribution < 1.29 is 14.3 Å². The molecule has 1 rings (SSSR count). The molecule has 0 heterocycles. The second-order valence-electron chi connectivity index (χ2n) is 4.55. The molecule has 6 heteroatoms. The lowest BCUT2D eigenvalue weighted by atomic mass is 10.1. The second kappa shape index (κ2) is 9.85. The Morgan fingerprint density at radius 3 is 2.64 bits per heavy atom. The van der Waals surface area contributed by atoms with Crippen molar-refractivity contribution in [3.63, 3.8) is 0 Å². The molecule has 0 aliphatic rings. The van der Waals surface area contributed by atoms with Gasteiger partial charge in [0, 0.05) is 19.4 Å². The van der Waals surface area contributed by atoms with Gasteiger partial charge in [-0.05, 0) is 40.0 Å². The lowest BCUT2D eigenvalue weighted by molar-refractivity contribution is -0.122. The highest BCUT2D eigenvalue weighted by molar-refractivity contribution is 9.10. The van der Waals surface area contributed by atoms with Crippen LogP contribution in [0, 0.1) is 12.3 Å². The van der Waals surface area contributed by atoms with Crippen LogP contribution in [0.2, 0.25) is 0 Å². The van der Waals surface area contributed by atoms with Crippen LogP contribution in [-0.2, 0) is 16.0 Å². The Morgan fingerprint density at radius 1 is 1.27 bits per heavy atom. The van der Waals surface area contributed by atoms with Crippen molar-refractivity contribution >= 4 is 27.7 Å². The van der Waals surface area contributed by atoms with Crippen molar-refractivity contribution in [2.45, 2.75) is 19.3 Å². The Hall–Kier alpha value is -2.00. The second-order valence-corrected chi connectivity index (χ2v) is 5.40. The maximum absolute atomic E-state index is 11.7. The molecule has 0 atom stereocenters. The molecule has 0 saturated carbocycles. The highest BCUT2D eigenvalue weighted by atomic mass is 79.9. The van der Waals surface area contributed by atoms with Crippen molar-refractivity contribution in [1.29, 1.82) is 0 Å². The van der Waals surface area contributed by atoms with E-state index in [1.165, 1.54) is 0 Å². The van der Waals surface area contributed by atoms with Crippen LogP contribution >= 0.6 is 15.9 Å². The van der Waals surface area contributed by atoms with E-state index in [4.69, 9.17) is 11.2 Å². The third-order valence-corrected chi connectivity index (χ3v) is 3.54. The van der Waals surface area contributed by atoms with Crippen LogP contribution in [0.4, 0.5) is 0 Å². The Bertz CT molecular complexity index is 567. The van der Waals surface area contributed by atoms with Crippen LogP contribution in [-0.4, -0.2) is 32.0 Å². The summed E-state index contributed by atoms with van der Waals surface area (Å²) in [6.07, 6.45) is 6.24. The van der Waals surface area contributed by atoms with E-state index >= 15 is 0 Å². The molecule has 2 N–H and O–H groups in total. The molecule has 0 bridgehead atoms. The number of amides is 2. The average molecular weight is 367 g/mol. The van der Waals surface area contributed by atoms with Crippen molar-refractivity contribution in [3.05, 3.63) is 28.2 Å². The summed E-state index contributed by atoms with van der Waals surface area (Å²) < 4.78 is 6.01. The summed E-state index contributed by atoms with van der Waals surface area (Å²) in [5.74, 6) is 2.82. The maximum Gasteiger partial charge on any atom is 0.222 e. The number of aryl methyl sites for hydroxylation is 1. The molecule has 0 aromatic heterocycles. The number of carbonyl (C=O) groups excluding carboxylic acids is 2. The SMILES string of the molecule is C#CCNC(=O)CCNC(=O)CCc1ccc(OC)c(Br)c1. The van der Waals surface area contributed by atoms with Gasteiger partial charge >= 0.3 is 0 Å². The lowest BCUT2D eigenvalue weighted by Crippen LogP contribution is -2.30. The molecule has 5 nitrogen and oxygen atoms in total. The average Bonchev–Trinajstić information content (AvgIpc) is 2.51. The zero-order chi connectivity index (χ0) is 16.4. The Labute approximate surface area is 138 Å². The molecule has 1 aromatic rings. The molecule has 118 valence electrons. The highest BCUT2D eigenvalue weighted by Crippen LogP contribution is 2.25. The molecule has 1 aromatic carbocycles. The largest absolute Gasteiger partial charge is 0.496 e. The first kappa shape index (κ1) is 18.1. The first-order valence-electron chi connectivity index (χ1n) is 6.86. The summed E-state index contributed by atoms with van der Waals surface area (Å²) in [6, 6.07) is 5.71. The fraction of sp³-hybridized carbons (Fsp3) is 0.375. The monoisotopic (exact) mass is 366 g/mol. The number of methoxy groups -OCH3 is 1. The molecule has 0 radical (unpaired) electrons. The third-order valence-electron chi connectivity index (χ3n) is 2.92. The van der Waals surface area contributed by atoms with Crippen LogP contribution in [0.15, 0.2) is 22.7 Å². The normalized spacial score (nSPS) is 9.68. The fourth-order valence-corrected chi connectivity index (χ4v) is 2.35. The molecule has 0 saturated heterocycles. The fourth-order valence-electron chi connectivity index (χ4n) is 1.77.